The molecule has 0 bridgehead atoms. The molecule has 0 aliphatic carbocycles. The average Bonchev–Trinajstić information content (AvgIpc) is 2.30. The monoisotopic (exact) mass is 289 g/mol. The first-order valence-electron chi connectivity index (χ1n) is 4.99. The Hall–Kier alpha value is -0.620. The summed E-state index contributed by atoms with van der Waals surface area (Å²) in [6.07, 6.45) is -0.711. The van der Waals surface area contributed by atoms with Crippen molar-refractivity contribution in [3.05, 3.63) is 28.2 Å². The van der Waals surface area contributed by atoms with Gasteiger partial charge in [-0.1, -0.05) is 22.0 Å². The van der Waals surface area contributed by atoms with Gasteiger partial charge in [-0.05, 0) is 17.7 Å². The summed E-state index contributed by atoms with van der Waals surface area (Å²) in [5, 5.41) is 20.8. The predicted octanol–water partition coefficient (Wildman–Crippen LogP) is 0.901. The lowest BCUT2D eigenvalue weighted by atomic mass is 10.2. The second kappa shape index (κ2) is 6.85. The minimum absolute atomic E-state index is 0.225. The third kappa shape index (κ3) is 4.09. The molecule has 1 aromatic rings. The van der Waals surface area contributed by atoms with E-state index in [0.29, 0.717) is 13.1 Å². The highest BCUT2D eigenvalue weighted by atomic mass is 79.9. The van der Waals surface area contributed by atoms with Crippen molar-refractivity contribution in [1.82, 2.24) is 5.32 Å². The lowest BCUT2D eigenvalue weighted by Gasteiger charge is -2.10. The van der Waals surface area contributed by atoms with Crippen LogP contribution >= 0.6 is 15.9 Å². The molecule has 0 unspecified atom stereocenters. The van der Waals surface area contributed by atoms with E-state index in [1.165, 1.54) is 0 Å². The van der Waals surface area contributed by atoms with Crippen LogP contribution in [-0.4, -0.2) is 36.6 Å². The predicted molar refractivity (Wildman–Crippen MR) is 65.5 cm³/mol. The van der Waals surface area contributed by atoms with Crippen LogP contribution in [0.3, 0.4) is 0 Å². The van der Waals surface area contributed by atoms with Crippen molar-refractivity contribution in [1.29, 1.82) is 0 Å². The van der Waals surface area contributed by atoms with Crippen molar-refractivity contribution in [3.8, 4) is 5.75 Å². The quantitative estimate of drug-likeness (QED) is 0.728. The zero-order valence-electron chi connectivity index (χ0n) is 9.11. The third-order valence-electron chi connectivity index (χ3n) is 2.17. The summed E-state index contributed by atoms with van der Waals surface area (Å²) in [6.45, 7) is 0.771. The molecule has 0 fully saturated rings. The van der Waals surface area contributed by atoms with Gasteiger partial charge in [0.2, 0.25) is 0 Å². The number of hydrogen-bond donors (Lipinski definition) is 3. The van der Waals surface area contributed by atoms with E-state index in [1.54, 1.807) is 7.11 Å². The molecule has 16 heavy (non-hydrogen) atoms. The summed E-state index contributed by atoms with van der Waals surface area (Å²) in [4.78, 5) is 0. The van der Waals surface area contributed by atoms with Crippen LogP contribution in [0.15, 0.2) is 22.7 Å². The highest BCUT2D eigenvalue weighted by Gasteiger charge is 2.04. The van der Waals surface area contributed by atoms with Gasteiger partial charge in [0.1, 0.15) is 5.75 Å². The smallest absolute Gasteiger partial charge is 0.120 e. The highest BCUT2D eigenvalue weighted by molar-refractivity contribution is 9.10. The number of aliphatic hydroxyl groups excluding tert-OH is 2. The zero-order chi connectivity index (χ0) is 12.0. The number of halogens is 1. The summed E-state index contributed by atoms with van der Waals surface area (Å²) in [7, 11) is 1.62. The molecule has 0 aromatic heterocycles. The molecule has 3 N–H and O–H groups in total. The summed E-state index contributed by atoms with van der Waals surface area (Å²) >= 11 is 3.44. The van der Waals surface area contributed by atoms with Crippen molar-refractivity contribution in [2.24, 2.45) is 0 Å². The molecular weight excluding hydrogens is 274 g/mol. The standard InChI is InChI=1S/C11H16BrNO3/c1-16-10-3-2-8(11(12)4-10)5-13-6-9(15)7-14/h2-4,9,13-15H,5-7H2,1H3/t9-/m1/s1. The molecule has 90 valence electrons. The molecule has 1 rings (SSSR count). The van der Waals surface area contributed by atoms with Crippen LogP contribution in [0.2, 0.25) is 0 Å². The molecule has 1 aromatic carbocycles. The fourth-order valence-electron chi connectivity index (χ4n) is 1.24. The fourth-order valence-corrected chi connectivity index (χ4v) is 1.73. The summed E-state index contributed by atoms with van der Waals surface area (Å²) in [5.74, 6) is 0.797. The first kappa shape index (κ1) is 13.4. The van der Waals surface area contributed by atoms with E-state index in [9.17, 15) is 0 Å². The zero-order valence-corrected chi connectivity index (χ0v) is 10.7. The second-order valence-corrected chi connectivity index (χ2v) is 4.28. The van der Waals surface area contributed by atoms with Crippen LogP contribution in [0.25, 0.3) is 0 Å². The number of ether oxygens (including phenoxy) is 1. The third-order valence-corrected chi connectivity index (χ3v) is 2.90. The van der Waals surface area contributed by atoms with Gasteiger partial charge in [0.05, 0.1) is 19.8 Å². The molecular formula is C11H16BrNO3. The van der Waals surface area contributed by atoms with Gasteiger partial charge in [-0.15, -0.1) is 0 Å². The maximum atomic E-state index is 9.14. The summed E-state index contributed by atoms with van der Waals surface area (Å²) < 4.78 is 6.04. The molecule has 0 spiro atoms. The molecule has 0 saturated heterocycles. The fraction of sp³-hybridized carbons (Fsp3) is 0.455. The second-order valence-electron chi connectivity index (χ2n) is 3.42. The van der Waals surface area contributed by atoms with Crippen molar-refractivity contribution >= 4 is 15.9 Å². The summed E-state index contributed by atoms with van der Waals surface area (Å²) in [6, 6.07) is 5.71. The Morgan fingerprint density at radius 3 is 2.81 bits per heavy atom. The maximum absolute atomic E-state index is 9.14. The Morgan fingerprint density at radius 2 is 2.25 bits per heavy atom. The van der Waals surface area contributed by atoms with Crippen LogP contribution in [0, 0.1) is 0 Å². The molecule has 0 aliphatic heterocycles. The molecule has 5 heteroatoms. The SMILES string of the molecule is COc1ccc(CNC[C@@H](O)CO)c(Br)c1. The molecule has 4 nitrogen and oxygen atoms in total. The van der Waals surface area contributed by atoms with E-state index in [4.69, 9.17) is 14.9 Å². The van der Waals surface area contributed by atoms with Crippen LogP contribution in [-0.2, 0) is 6.54 Å². The number of methoxy groups -OCH3 is 1. The Bertz CT molecular complexity index is 333. The van der Waals surface area contributed by atoms with Gasteiger partial charge in [-0.3, -0.25) is 0 Å². The number of benzene rings is 1. The maximum Gasteiger partial charge on any atom is 0.120 e. The van der Waals surface area contributed by atoms with E-state index < -0.39 is 6.10 Å². The van der Waals surface area contributed by atoms with Crippen molar-refractivity contribution in [3.63, 3.8) is 0 Å². The number of rotatable bonds is 6. The van der Waals surface area contributed by atoms with Gasteiger partial charge in [-0.2, -0.15) is 0 Å². The van der Waals surface area contributed by atoms with E-state index in [-0.39, 0.29) is 6.61 Å². The van der Waals surface area contributed by atoms with E-state index in [1.807, 2.05) is 18.2 Å². The Morgan fingerprint density at radius 1 is 1.50 bits per heavy atom. The van der Waals surface area contributed by atoms with Crippen LogP contribution in [0.4, 0.5) is 0 Å². The van der Waals surface area contributed by atoms with Gasteiger partial charge in [-0.25, -0.2) is 0 Å². The molecule has 0 radical (unpaired) electrons. The van der Waals surface area contributed by atoms with Crippen LogP contribution in [0.5, 0.6) is 5.75 Å². The minimum Gasteiger partial charge on any atom is -0.497 e. The lowest BCUT2D eigenvalue weighted by molar-refractivity contribution is 0.0942. The Labute approximate surface area is 103 Å². The number of nitrogens with one attached hydrogen (secondary N) is 1. The van der Waals surface area contributed by atoms with E-state index >= 15 is 0 Å². The topological polar surface area (TPSA) is 61.7 Å². The molecule has 1 atom stereocenters. The van der Waals surface area contributed by atoms with Crippen LogP contribution < -0.4 is 10.1 Å². The first-order chi connectivity index (χ1) is 7.67. The van der Waals surface area contributed by atoms with Gasteiger partial charge in [0, 0.05) is 17.6 Å². The Balaban J connectivity index is 2.48. The van der Waals surface area contributed by atoms with E-state index in [0.717, 1.165) is 15.8 Å². The van der Waals surface area contributed by atoms with Gasteiger partial charge < -0.3 is 20.3 Å². The summed E-state index contributed by atoms with van der Waals surface area (Å²) in [5.41, 5.74) is 1.07. The van der Waals surface area contributed by atoms with Gasteiger partial charge in [0.15, 0.2) is 0 Å². The largest absolute Gasteiger partial charge is 0.497 e. The Kier molecular flexibility index (Phi) is 5.76. The molecule has 0 aliphatic rings. The number of hydrogen-bond acceptors (Lipinski definition) is 4. The van der Waals surface area contributed by atoms with E-state index in [2.05, 4.69) is 21.2 Å². The minimum atomic E-state index is -0.711. The van der Waals surface area contributed by atoms with Gasteiger partial charge in [0.25, 0.3) is 0 Å². The molecule has 0 saturated carbocycles. The molecule has 0 heterocycles. The average molecular weight is 290 g/mol. The van der Waals surface area contributed by atoms with Gasteiger partial charge >= 0.3 is 0 Å². The molecule has 0 amide bonds. The van der Waals surface area contributed by atoms with Crippen molar-refractivity contribution < 1.29 is 14.9 Å². The highest BCUT2D eigenvalue weighted by Crippen LogP contribution is 2.22. The van der Waals surface area contributed by atoms with Crippen LogP contribution in [0.1, 0.15) is 5.56 Å². The first-order valence-corrected chi connectivity index (χ1v) is 5.78. The lowest BCUT2D eigenvalue weighted by Crippen LogP contribution is -2.29. The number of aliphatic hydroxyl groups is 2. The van der Waals surface area contributed by atoms with Crippen molar-refractivity contribution in [2.75, 3.05) is 20.3 Å². The van der Waals surface area contributed by atoms with Crippen molar-refractivity contribution in [2.45, 2.75) is 12.6 Å². The normalized spacial score (nSPS) is 12.5.